The van der Waals surface area contributed by atoms with E-state index >= 15 is 0 Å². The van der Waals surface area contributed by atoms with Crippen LogP contribution in [0.4, 0.5) is 0 Å². The number of halogens is 2. The molecule has 1 amide bonds. The third-order valence-electron chi connectivity index (χ3n) is 2.91. The van der Waals surface area contributed by atoms with Crippen LogP contribution >= 0.6 is 23.2 Å². The minimum Gasteiger partial charge on any atom is -0.373 e. The van der Waals surface area contributed by atoms with Crippen molar-refractivity contribution in [1.29, 1.82) is 0 Å². The molecular formula is C13H15Cl2NO2. The Labute approximate surface area is 117 Å². The summed E-state index contributed by atoms with van der Waals surface area (Å²) >= 11 is 11.6. The monoisotopic (exact) mass is 287 g/mol. The van der Waals surface area contributed by atoms with Gasteiger partial charge < -0.3 is 9.64 Å². The topological polar surface area (TPSA) is 29.5 Å². The number of rotatable bonds is 3. The first-order chi connectivity index (χ1) is 8.69. The van der Waals surface area contributed by atoms with Crippen LogP contribution in [0.25, 0.3) is 0 Å². The maximum absolute atomic E-state index is 12.1. The molecule has 0 N–H and O–H groups in total. The first-order valence-corrected chi connectivity index (χ1v) is 6.80. The van der Waals surface area contributed by atoms with Crippen LogP contribution in [-0.2, 0) is 16.0 Å². The lowest BCUT2D eigenvalue weighted by Crippen LogP contribution is -2.46. The van der Waals surface area contributed by atoms with Crippen molar-refractivity contribution in [2.75, 3.05) is 25.6 Å². The molecule has 1 fully saturated rings. The number of nitrogens with zero attached hydrogens (tertiary/aromatic N) is 1. The normalized spacial score (nSPS) is 19.9. The Morgan fingerprint density at radius 1 is 1.50 bits per heavy atom. The SMILES string of the molecule is O=C(Cc1cccc(Cl)c1)N1CCOC(CCl)C1. The highest BCUT2D eigenvalue weighted by Gasteiger charge is 2.23. The van der Waals surface area contributed by atoms with Crippen molar-refractivity contribution in [1.82, 2.24) is 4.90 Å². The molecule has 1 aliphatic rings. The van der Waals surface area contributed by atoms with Gasteiger partial charge in [-0.2, -0.15) is 0 Å². The number of amides is 1. The predicted molar refractivity (Wildman–Crippen MR) is 72.2 cm³/mol. The highest BCUT2D eigenvalue weighted by molar-refractivity contribution is 6.30. The largest absolute Gasteiger partial charge is 0.373 e. The zero-order valence-electron chi connectivity index (χ0n) is 9.94. The number of carbonyl (C=O) groups excluding carboxylic acids is 1. The molecule has 1 atom stereocenters. The standard InChI is InChI=1S/C13H15Cl2NO2/c14-8-12-9-16(4-5-18-12)13(17)7-10-2-1-3-11(15)6-10/h1-3,6,12H,4-5,7-9H2. The molecule has 0 radical (unpaired) electrons. The number of morpholine rings is 1. The summed E-state index contributed by atoms with van der Waals surface area (Å²) in [5.41, 5.74) is 0.932. The fourth-order valence-corrected chi connectivity index (χ4v) is 2.37. The van der Waals surface area contributed by atoms with Crippen LogP contribution in [0.1, 0.15) is 5.56 Å². The van der Waals surface area contributed by atoms with Gasteiger partial charge in [0.05, 0.1) is 25.0 Å². The minimum absolute atomic E-state index is 0.0521. The summed E-state index contributed by atoms with van der Waals surface area (Å²) in [5, 5.41) is 0.654. The predicted octanol–water partition coefficient (Wildman–Crippen LogP) is 2.35. The minimum atomic E-state index is -0.0521. The Morgan fingerprint density at radius 3 is 3.06 bits per heavy atom. The fraction of sp³-hybridized carbons (Fsp3) is 0.462. The van der Waals surface area contributed by atoms with E-state index in [0.717, 1.165) is 5.56 Å². The lowest BCUT2D eigenvalue weighted by Gasteiger charge is -2.32. The molecule has 0 aromatic heterocycles. The summed E-state index contributed by atoms with van der Waals surface area (Å²) < 4.78 is 5.43. The molecule has 1 aromatic rings. The van der Waals surface area contributed by atoms with Crippen LogP contribution in [0, 0.1) is 0 Å². The van der Waals surface area contributed by atoms with Crippen LogP contribution in [-0.4, -0.2) is 42.5 Å². The summed E-state index contributed by atoms with van der Waals surface area (Å²) in [7, 11) is 0. The van der Waals surface area contributed by atoms with Gasteiger partial charge in [0.25, 0.3) is 0 Å². The van der Waals surface area contributed by atoms with E-state index in [-0.39, 0.29) is 12.0 Å². The molecule has 0 bridgehead atoms. The van der Waals surface area contributed by atoms with Crippen molar-refractivity contribution in [2.45, 2.75) is 12.5 Å². The molecule has 0 saturated carbocycles. The molecule has 98 valence electrons. The maximum atomic E-state index is 12.1. The van der Waals surface area contributed by atoms with Gasteiger partial charge in [0.1, 0.15) is 0 Å². The van der Waals surface area contributed by atoms with Gasteiger partial charge in [0.2, 0.25) is 5.91 Å². The smallest absolute Gasteiger partial charge is 0.227 e. The zero-order chi connectivity index (χ0) is 13.0. The summed E-state index contributed by atoms with van der Waals surface area (Å²) in [4.78, 5) is 13.9. The quantitative estimate of drug-likeness (QED) is 0.799. The van der Waals surface area contributed by atoms with Crippen LogP contribution in [0.3, 0.4) is 0 Å². The van der Waals surface area contributed by atoms with E-state index in [0.29, 0.717) is 37.0 Å². The number of carbonyl (C=O) groups is 1. The van der Waals surface area contributed by atoms with E-state index < -0.39 is 0 Å². The van der Waals surface area contributed by atoms with Crippen molar-refractivity contribution < 1.29 is 9.53 Å². The van der Waals surface area contributed by atoms with Crippen molar-refractivity contribution in [3.05, 3.63) is 34.9 Å². The number of alkyl halides is 1. The maximum Gasteiger partial charge on any atom is 0.227 e. The lowest BCUT2D eigenvalue weighted by molar-refractivity contribution is -0.137. The molecule has 1 aromatic carbocycles. The number of hydrogen-bond donors (Lipinski definition) is 0. The van der Waals surface area contributed by atoms with Gasteiger partial charge >= 0.3 is 0 Å². The molecule has 1 unspecified atom stereocenters. The molecule has 3 nitrogen and oxygen atoms in total. The van der Waals surface area contributed by atoms with E-state index in [1.165, 1.54) is 0 Å². The third-order valence-corrected chi connectivity index (χ3v) is 3.49. The second kappa shape index (κ2) is 6.41. The highest BCUT2D eigenvalue weighted by atomic mass is 35.5. The summed E-state index contributed by atoms with van der Waals surface area (Å²) in [6.07, 6.45) is 0.318. The summed E-state index contributed by atoms with van der Waals surface area (Å²) in [6.45, 7) is 1.76. The molecule has 1 heterocycles. The second-order valence-electron chi connectivity index (χ2n) is 4.29. The van der Waals surface area contributed by atoms with Gasteiger partial charge in [-0.3, -0.25) is 4.79 Å². The Balaban J connectivity index is 1.95. The molecule has 5 heteroatoms. The van der Waals surface area contributed by atoms with Crippen LogP contribution < -0.4 is 0 Å². The van der Waals surface area contributed by atoms with Gasteiger partial charge in [0, 0.05) is 18.1 Å². The fourth-order valence-electron chi connectivity index (χ4n) is 1.97. The number of benzene rings is 1. The van der Waals surface area contributed by atoms with Crippen molar-refractivity contribution >= 4 is 29.1 Å². The van der Waals surface area contributed by atoms with E-state index in [4.69, 9.17) is 27.9 Å². The molecule has 1 saturated heterocycles. The Hall–Kier alpha value is -0.770. The van der Waals surface area contributed by atoms with Gasteiger partial charge in [-0.25, -0.2) is 0 Å². The molecule has 0 aliphatic carbocycles. The summed E-state index contributed by atoms with van der Waals surface area (Å²) in [6, 6.07) is 7.38. The van der Waals surface area contributed by atoms with Gasteiger partial charge in [-0.05, 0) is 17.7 Å². The van der Waals surface area contributed by atoms with Crippen molar-refractivity contribution in [2.24, 2.45) is 0 Å². The van der Waals surface area contributed by atoms with E-state index in [1.54, 1.807) is 11.0 Å². The zero-order valence-corrected chi connectivity index (χ0v) is 11.5. The Bertz CT molecular complexity index is 425. The average Bonchev–Trinajstić information content (AvgIpc) is 2.39. The van der Waals surface area contributed by atoms with Crippen LogP contribution in [0.5, 0.6) is 0 Å². The lowest BCUT2D eigenvalue weighted by atomic mass is 10.1. The van der Waals surface area contributed by atoms with E-state index in [2.05, 4.69) is 0 Å². The van der Waals surface area contributed by atoms with E-state index in [1.807, 2.05) is 18.2 Å². The summed E-state index contributed by atoms with van der Waals surface area (Å²) in [5.74, 6) is 0.511. The van der Waals surface area contributed by atoms with Crippen LogP contribution in [0.15, 0.2) is 24.3 Å². The molecule has 18 heavy (non-hydrogen) atoms. The first-order valence-electron chi connectivity index (χ1n) is 5.89. The van der Waals surface area contributed by atoms with Crippen LogP contribution in [0.2, 0.25) is 5.02 Å². The van der Waals surface area contributed by atoms with Crippen molar-refractivity contribution in [3.63, 3.8) is 0 Å². The van der Waals surface area contributed by atoms with Gasteiger partial charge in [-0.15, -0.1) is 11.6 Å². The van der Waals surface area contributed by atoms with E-state index in [9.17, 15) is 4.79 Å². The molecule has 2 rings (SSSR count). The molecule has 0 spiro atoms. The first kappa shape index (κ1) is 13.7. The number of hydrogen-bond acceptors (Lipinski definition) is 2. The second-order valence-corrected chi connectivity index (χ2v) is 5.04. The molecule has 1 aliphatic heterocycles. The van der Waals surface area contributed by atoms with Crippen molar-refractivity contribution in [3.8, 4) is 0 Å². The van der Waals surface area contributed by atoms with Gasteiger partial charge in [-0.1, -0.05) is 23.7 Å². The third kappa shape index (κ3) is 3.61. The Kier molecular flexibility index (Phi) is 4.87. The average molecular weight is 288 g/mol. The molecular weight excluding hydrogens is 273 g/mol. The Morgan fingerprint density at radius 2 is 2.33 bits per heavy atom. The highest BCUT2D eigenvalue weighted by Crippen LogP contribution is 2.13. The number of ether oxygens (including phenoxy) is 1. The van der Waals surface area contributed by atoms with Gasteiger partial charge in [0.15, 0.2) is 0 Å².